The molecule has 1 heterocycles. The van der Waals surface area contributed by atoms with Gasteiger partial charge in [-0.2, -0.15) is 0 Å². The molecule has 1 saturated heterocycles. The van der Waals surface area contributed by atoms with E-state index < -0.39 is 0 Å². The smallest absolute Gasteiger partial charge is 0.652 e. The normalized spacial score (nSPS) is 25.9. The molecule has 1 rings (SSSR count). The van der Waals surface area contributed by atoms with E-state index in [1.54, 1.807) is 0 Å². The van der Waals surface area contributed by atoms with Crippen LogP contribution >= 0.6 is 0 Å². The summed E-state index contributed by atoms with van der Waals surface area (Å²) in [4.78, 5) is 2.33. The fourth-order valence-electron chi connectivity index (χ4n) is 2.50. The van der Waals surface area contributed by atoms with Crippen LogP contribution in [0.2, 0.25) is 0 Å². The molecule has 0 spiro atoms. The first-order valence-corrected chi connectivity index (χ1v) is 5.12. The molecule has 0 amide bonds. The van der Waals surface area contributed by atoms with Gasteiger partial charge in [0, 0.05) is 6.04 Å². The van der Waals surface area contributed by atoms with Gasteiger partial charge in [-0.15, -0.1) is 11.1 Å². The zero-order valence-corrected chi connectivity index (χ0v) is 11.7. The van der Waals surface area contributed by atoms with Crippen molar-refractivity contribution in [2.75, 3.05) is 14.1 Å². The standard InChI is InChI=1S/C11H23N2.Ag/c1-10(2)7-9(13(5)6)8-11(3,4)12-10;/h9H,7-8H2,1-6H3;/q-1;+1. The van der Waals surface area contributed by atoms with E-state index in [-0.39, 0.29) is 33.5 Å². The van der Waals surface area contributed by atoms with Crippen molar-refractivity contribution >= 4 is 0 Å². The summed E-state index contributed by atoms with van der Waals surface area (Å²) in [6.07, 6.45) is 2.37. The molecular weight excluding hydrogens is 268 g/mol. The summed E-state index contributed by atoms with van der Waals surface area (Å²) < 4.78 is 0. The molecule has 0 N–H and O–H groups in total. The topological polar surface area (TPSA) is 17.3 Å². The quantitative estimate of drug-likeness (QED) is 0.679. The molecule has 0 aromatic carbocycles. The first kappa shape index (κ1) is 14.7. The van der Waals surface area contributed by atoms with Gasteiger partial charge < -0.3 is 10.2 Å². The van der Waals surface area contributed by atoms with Crippen LogP contribution in [0.15, 0.2) is 0 Å². The summed E-state index contributed by atoms with van der Waals surface area (Å²) in [6.45, 7) is 8.96. The fourth-order valence-corrected chi connectivity index (χ4v) is 2.50. The SMILES string of the molecule is CN(C)C1CC(C)(C)[N-]C(C)(C)C1.[Ag+]. The van der Waals surface area contributed by atoms with Gasteiger partial charge in [-0.25, -0.2) is 0 Å². The van der Waals surface area contributed by atoms with E-state index in [4.69, 9.17) is 5.32 Å². The summed E-state index contributed by atoms with van der Waals surface area (Å²) in [7, 11) is 4.34. The Labute approximate surface area is 104 Å². The predicted octanol–water partition coefficient (Wildman–Crippen LogP) is 2.64. The molecule has 0 aliphatic carbocycles. The molecule has 0 radical (unpaired) electrons. The van der Waals surface area contributed by atoms with E-state index in [0.29, 0.717) is 6.04 Å². The Balaban J connectivity index is 0.00000169. The predicted molar refractivity (Wildman–Crippen MR) is 58.2 cm³/mol. The van der Waals surface area contributed by atoms with Crippen molar-refractivity contribution in [2.24, 2.45) is 0 Å². The Hall–Kier alpha value is 0.660. The Morgan fingerprint density at radius 2 is 1.36 bits per heavy atom. The van der Waals surface area contributed by atoms with E-state index >= 15 is 0 Å². The third-order valence-corrected chi connectivity index (χ3v) is 2.81. The molecule has 2 nitrogen and oxygen atoms in total. The minimum Gasteiger partial charge on any atom is -0.652 e. The maximum atomic E-state index is 4.85. The van der Waals surface area contributed by atoms with Gasteiger partial charge in [-0.1, -0.05) is 40.5 Å². The van der Waals surface area contributed by atoms with Crippen LogP contribution in [0.4, 0.5) is 0 Å². The van der Waals surface area contributed by atoms with Crippen molar-refractivity contribution < 1.29 is 22.4 Å². The minimum atomic E-state index is 0. The molecule has 0 bridgehead atoms. The van der Waals surface area contributed by atoms with Gasteiger partial charge in [0.1, 0.15) is 0 Å². The molecule has 0 saturated carbocycles. The van der Waals surface area contributed by atoms with Gasteiger partial charge in [-0.05, 0) is 14.1 Å². The molecule has 0 aromatic rings. The number of hydrogen-bond donors (Lipinski definition) is 0. The average Bonchev–Trinajstić information content (AvgIpc) is 1.79. The van der Waals surface area contributed by atoms with Gasteiger partial charge >= 0.3 is 22.4 Å². The Morgan fingerprint density at radius 3 is 1.64 bits per heavy atom. The van der Waals surface area contributed by atoms with Crippen molar-refractivity contribution in [3.05, 3.63) is 5.32 Å². The van der Waals surface area contributed by atoms with Crippen molar-refractivity contribution in [3.8, 4) is 0 Å². The Kier molecular flexibility index (Phi) is 4.89. The van der Waals surface area contributed by atoms with E-state index in [1.165, 1.54) is 12.8 Å². The van der Waals surface area contributed by atoms with Gasteiger partial charge in [-0.3, -0.25) is 0 Å². The van der Waals surface area contributed by atoms with Crippen LogP contribution in [0.25, 0.3) is 5.32 Å². The summed E-state index contributed by atoms with van der Waals surface area (Å²) in [5, 5.41) is 4.85. The van der Waals surface area contributed by atoms with Gasteiger partial charge in [0.15, 0.2) is 0 Å². The number of nitrogens with zero attached hydrogens (tertiary/aromatic N) is 2. The maximum absolute atomic E-state index is 4.85. The second-order valence-corrected chi connectivity index (χ2v) is 5.76. The second-order valence-electron chi connectivity index (χ2n) is 5.76. The fraction of sp³-hybridized carbons (Fsp3) is 1.00. The summed E-state index contributed by atoms with van der Waals surface area (Å²) in [5.41, 5.74) is 0.299. The van der Waals surface area contributed by atoms with Crippen LogP contribution in [0, 0.1) is 0 Å². The van der Waals surface area contributed by atoms with Crippen LogP contribution in [-0.2, 0) is 22.4 Å². The third kappa shape index (κ3) is 4.03. The molecule has 0 atom stereocenters. The van der Waals surface area contributed by atoms with E-state index in [1.807, 2.05) is 0 Å². The van der Waals surface area contributed by atoms with E-state index in [9.17, 15) is 0 Å². The molecule has 0 aromatic heterocycles. The molecule has 0 unspecified atom stereocenters. The molecule has 1 aliphatic rings. The Morgan fingerprint density at radius 1 is 1.00 bits per heavy atom. The molecular formula is C11H23AgN2. The average molecular weight is 291 g/mol. The van der Waals surface area contributed by atoms with Crippen molar-refractivity contribution in [1.82, 2.24) is 4.90 Å². The van der Waals surface area contributed by atoms with Crippen molar-refractivity contribution in [2.45, 2.75) is 57.7 Å². The number of rotatable bonds is 1. The third-order valence-electron chi connectivity index (χ3n) is 2.81. The largest absolute Gasteiger partial charge is 1.00 e. The van der Waals surface area contributed by atoms with Gasteiger partial charge in [0.05, 0.1) is 0 Å². The zero-order valence-electron chi connectivity index (χ0n) is 10.2. The van der Waals surface area contributed by atoms with Crippen LogP contribution in [0.1, 0.15) is 40.5 Å². The number of piperidine rings is 1. The van der Waals surface area contributed by atoms with E-state index in [2.05, 4.69) is 46.7 Å². The molecule has 88 valence electrons. The minimum absolute atomic E-state index is 0. The summed E-state index contributed by atoms with van der Waals surface area (Å²) >= 11 is 0. The maximum Gasteiger partial charge on any atom is 1.00 e. The van der Waals surface area contributed by atoms with Crippen molar-refractivity contribution in [1.29, 1.82) is 0 Å². The Bertz CT molecular complexity index is 172. The first-order chi connectivity index (χ1) is 5.72. The summed E-state index contributed by atoms with van der Waals surface area (Å²) in [6, 6.07) is 0.683. The van der Waals surface area contributed by atoms with Gasteiger partial charge in [0.2, 0.25) is 0 Å². The van der Waals surface area contributed by atoms with E-state index in [0.717, 1.165) is 0 Å². The molecule has 1 fully saturated rings. The summed E-state index contributed by atoms with van der Waals surface area (Å²) in [5.74, 6) is 0. The van der Waals surface area contributed by atoms with Crippen LogP contribution in [0.5, 0.6) is 0 Å². The molecule has 14 heavy (non-hydrogen) atoms. The number of hydrogen-bond acceptors (Lipinski definition) is 1. The first-order valence-electron chi connectivity index (χ1n) is 5.12. The zero-order chi connectivity index (χ0) is 10.3. The monoisotopic (exact) mass is 290 g/mol. The second kappa shape index (κ2) is 4.67. The van der Waals surface area contributed by atoms with Crippen molar-refractivity contribution in [3.63, 3.8) is 0 Å². The van der Waals surface area contributed by atoms with Crippen LogP contribution in [-0.4, -0.2) is 36.1 Å². The molecule has 1 aliphatic heterocycles. The van der Waals surface area contributed by atoms with Crippen LogP contribution in [0.3, 0.4) is 0 Å². The van der Waals surface area contributed by atoms with Gasteiger partial charge in [0.25, 0.3) is 0 Å². The molecule has 3 heteroatoms. The van der Waals surface area contributed by atoms with Crippen LogP contribution < -0.4 is 0 Å².